The molecule has 0 aliphatic rings. The molecule has 20 heavy (non-hydrogen) atoms. The maximum atomic E-state index is 8.84. The Kier molecular flexibility index (Phi) is 6.31. The molecule has 0 radical (unpaired) electrons. The van der Waals surface area contributed by atoms with E-state index < -0.39 is 0 Å². The molecule has 0 amide bonds. The highest BCUT2D eigenvalue weighted by Gasteiger charge is 2.13. The number of nitrogens with two attached hydrogens (primary N) is 1. The van der Waals surface area contributed by atoms with Crippen molar-refractivity contribution in [2.45, 2.75) is 39.3 Å². The molecule has 0 aliphatic heterocycles. The van der Waals surface area contributed by atoms with Gasteiger partial charge in [0, 0.05) is 12.6 Å². The van der Waals surface area contributed by atoms with E-state index in [1.807, 2.05) is 18.2 Å². The van der Waals surface area contributed by atoms with Gasteiger partial charge in [-0.1, -0.05) is 25.1 Å². The summed E-state index contributed by atoms with van der Waals surface area (Å²) in [4.78, 5) is 2.32. The summed E-state index contributed by atoms with van der Waals surface area (Å²) in [6, 6.07) is 6.33. The van der Waals surface area contributed by atoms with Crippen LogP contribution in [0.4, 0.5) is 0 Å². The zero-order valence-electron chi connectivity index (χ0n) is 12.8. The van der Waals surface area contributed by atoms with Crippen LogP contribution < -0.4 is 10.5 Å². The van der Waals surface area contributed by atoms with Crippen molar-refractivity contribution >= 4 is 5.84 Å². The van der Waals surface area contributed by atoms with Gasteiger partial charge in [0.1, 0.15) is 5.75 Å². The molecule has 0 bridgehead atoms. The zero-order valence-corrected chi connectivity index (χ0v) is 12.8. The minimum Gasteiger partial charge on any atom is -0.496 e. The van der Waals surface area contributed by atoms with Crippen molar-refractivity contribution in [2.75, 3.05) is 14.2 Å². The van der Waals surface area contributed by atoms with Crippen molar-refractivity contribution in [3.05, 3.63) is 29.3 Å². The quantitative estimate of drug-likeness (QED) is 0.348. The van der Waals surface area contributed by atoms with Crippen LogP contribution in [-0.4, -0.2) is 36.1 Å². The van der Waals surface area contributed by atoms with Crippen LogP contribution in [0.25, 0.3) is 0 Å². The summed E-state index contributed by atoms with van der Waals surface area (Å²) >= 11 is 0. The summed E-state index contributed by atoms with van der Waals surface area (Å²) in [7, 11) is 3.69. The first-order valence-electron chi connectivity index (χ1n) is 6.92. The average Bonchev–Trinajstić information content (AvgIpc) is 2.47. The van der Waals surface area contributed by atoms with Gasteiger partial charge in [-0.3, -0.25) is 4.90 Å². The molecule has 5 heteroatoms. The van der Waals surface area contributed by atoms with E-state index in [-0.39, 0.29) is 5.84 Å². The number of hydrogen-bond acceptors (Lipinski definition) is 4. The largest absolute Gasteiger partial charge is 0.496 e. The van der Waals surface area contributed by atoms with Gasteiger partial charge in [-0.2, -0.15) is 0 Å². The zero-order chi connectivity index (χ0) is 15.1. The Morgan fingerprint density at radius 2 is 2.05 bits per heavy atom. The minimum absolute atomic E-state index is 0.0638. The van der Waals surface area contributed by atoms with E-state index in [1.165, 1.54) is 0 Å². The van der Waals surface area contributed by atoms with Gasteiger partial charge in [-0.25, -0.2) is 0 Å². The topological polar surface area (TPSA) is 71.1 Å². The number of rotatable bonds is 7. The predicted octanol–water partition coefficient (Wildman–Crippen LogP) is 2.41. The molecule has 1 aromatic rings. The lowest BCUT2D eigenvalue weighted by Gasteiger charge is -2.26. The maximum absolute atomic E-state index is 8.84. The van der Waals surface area contributed by atoms with Crippen LogP contribution in [0, 0.1) is 0 Å². The van der Waals surface area contributed by atoms with Crippen LogP contribution in [-0.2, 0) is 6.54 Å². The van der Waals surface area contributed by atoms with Gasteiger partial charge in [-0.15, -0.1) is 0 Å². The van der Waals surface area contributed by atoms with E-state index in [0.29, 0.717) is 17.4 Å². The van der Waals surface area contributed by atoms with E-state index in [2.05, 4.69) is 31.0 Å². The Balaban J connectivity index is 2.97. The Labute approximate surface area is 121 Å². The second-order valence-corrected chi connectivity index (χ2v) is 4.91. The van der Waals surface area contributed by atoms with Crippen molar-refractivity contribution in [1.82, 2.24) is 4.90 Å². The van der Waals surface area contributed by atoms with Crippen molar-refractivity contribution in [1.29, 1.82) is 0 Å². The first kappa shape index (κ1) is 16.3. The SMILES string of the molecule is CCC(CC)N(C)Cc1ccc(OC)c(C(N)=NO)c1. The van der Waals surface area contributed by atoms with Crippen molar-refractivity contribution in [2.24, 2.45) is 10.9 Å². The second-order valence-electron chi connectivity index (χ2n) is 4.91. The molecule has 112 valence electrons. The van der Waals surface area contributed by atoms with Crippen molar-refractivity contribution < 1.29 is 9.94 Å². The Morgan fingerprint density at radius 3 is 2.55 bits per heavy atom. The van der Waals surface area contributed by atoms with Crippen LogP contribution in [0.1, 0.15) is 37.8 Å². The normalized spacial score (nSPS) is 12.2. The van der Waals surface area contributed by atoms with Gasteiger partial charge in [0.2, 0.25) is 0 Å². The first-order chi connectivity index (χ1) is 9.57. The van der Waals surface area contributed by atoms with Gasteiger partial charge in [0.15, 0.2) is 5.84 Å². The van der Waals surface area contributed by atoms with Crippen LogP contribution in [0.5, 0.6) is 5.75 Å². The minimum atomic E-state index is 0.0638. The van der Waals surface area contributed by atoms with E-state index in [4.69, 9.17) is 15.7 Å². The van der Waals surface area contributed by atoms with E-state index >= 15 is 0 Å². The number of ether oxygens (including phenoxy) is 1. The third-order valence-corrected chi connectivity index (χ3v) is 3.65. The molecule has 0 spiro atoms. The lowest BCUT2D eigenvalue weighted by molar-refractivity contribution is 0.221. The molecular formula is C15H25N3O2. The summed E-state index contributed by atoms with van der Waals surface area (Å²) in [5, 5.41) is 11.9. The molecule has 1 aromatic carbocycles. The van der Waals surface area contributed by atoms with E-state index in [9.17, 15) is 0 Å². The van der Waals surface area contributed by atoms with E-state index in [0.717, 1.165) is 24.9 Å². The first-order valence-corrected chi connectivity index (χ1v) is 6.92. The van der Waals surface area contributed by atoms with Crippen LogP contribution >= 0.6 is 0 Å². The summed E-state index contributed by atoms with van der Waals surface area (Å²) in [5.41, 5.74) is 7.42. The molecule has 0 aromatic heterocycles. The highest BCUT2D eigenvalue weighted by molar-refractivity contribution is 5.99. The number of methoxy groups -OCH3 is 1. The fourth-order valence-electron chi connectivity index (χ4n) is 2.44. The molecule has 0 fully saturated rings. The number of nitrogens with zero attached hydrogens (tertiary/aromatic N) is 2. The smallest absolute Gasteiger partial charge is 0.173 e. The molecule has 0 heterocycles. The third kappa shape index (κ3) is 3.87. The Hall–Kier alpha value is -1.75. The highest BCUT2D eigenvalue weighted by atomic mass is 16.5. The van der Waals surface area contributed by atoms with Crippen LogP contribution in [0.3, 0.4) is 0 Å². The third-order valence-electron chi connectivity index (χ3n) is 3.65. The fourth-order valence-corrected chi connectivity index (χ4v) is 2.44. The lowest BCUT2D eigenvalue weighted by Crippen LogP contribution is -2.30. The van der Waals surface area contributed by atoms with Gasteiger partial charge in [-0.05, 0) is 37.6 Å². The van der Waals surface area contributed by atoms with Gasteiger partial charge in [0.25, 0.3) is 0 Å². The second kappa shape index (κ2) is 7.75. The molecule has 5 nitrogen and oxygen atoms in total. The summed E-state index contributed by atoms with van der Waals surface area (Å²) in [6.07, 6.45) is 2.24. The van der Waals surface area contributed by atoms with Gasteiger partial charge < -0.3 is 15.7 Å². The monoisotopic (exact) mass is 279 g/mol. The Bertz CT molecular complexity index is 456. The van der Waals surface area contributed by atoms with Crippen molar-refractivity contribution in [3.63, 3.8) is 0 Å². The number of hydrogen-bond donors (Lipinski definition) is 2. The molecule has 0 aliphatic carbocycles. The molecule has 1 rings (SSSR count). The van der Waals surface area contributed by atoms with Crippen molar-refractivity contribution in [3.8, 4) is 5.75 Å². The summed E-state index contributed by atoms with van der Waals surface area (Å²) in [6.45, 7) is 5.21. The molecule has 0 unspecified atom stereocenters. The molecule has 0 saturated heterocycles. The van der Waals surface area contributed by atoms with E-state index in [1.54, 1.807) is 7.11 Å². The standard InChI is InChI=1S/C15H25N3O2/c1-5-12(6-2)18(3)10-11-7-8-14(20-4)13(9-11)15(16)17-19/h7-9,12,19H,5-6,10H2,1-4H3,(H2,16,17). The lowest BCUT2D eigenvalue weighted by atomic mass is 10.1. The fraction of sp³-hybridized carbons (Fsp3) is 0.533. The predicted molar refractivity (Wildman–Crippen MR) is 81.3 cm³/mol. The molecule has 0 saturated carbocycles. The molecule has 3 N–H and O–H groups in total. The Morgan fingerprint density at radius 1 is 1.40 bits per heavy atom. The van der Waals surface area contributed by atoms with Gasteiger partial charge in [0.05, 0.1) is 12.7 Å². The molecule has 0 atom stereocenters. The van der Waals surface area contributed by atoms with Crippen LogP contribution in [0.15, 0.2) is 23.4 Å². The number of amidine groups is 1. The van der Waals surface area contributed by atoms with Crippen LogP contribution in [0.2, 0.25) is 0 Å². The number of oxime groups is 1. The highest BCUT2D eigenvalue weighted by Crippen LogP contribution is 2.21. The van der Waals surface area contributed by atoms with Gasteiger partial charge >= 0.3 is 0 Å². The molecular weight excluding hydrogens is 254 g/mol. The number of benzene rings is 1. The average molecular weight is 279 g/mol. The summed E-state index contributed by atoms with van der Waals surface area (Å²) < 4.78 is 5.23. The maximum Gasteiger partial charge on any atom is 0.173 e. The summed E-state index contributed by atoms with van der Waals surface area (Å²) in [5.74, 6) is 0.670.